The topological polar surface area (TPSA) is 38.7 Å². The zero-order chi connectivity index (χ0) is 17.3. The van der Waals surface area contributed by atoms with Crippen LogP contribution in [0.25, 0.3) is 6.08 Å². The van der Waals surface area contributed by atoms with E-state index < -0.39 is 5.97 Å². The molecule has 24 heavy (non-hydrogen) atoms. The highest BCUT2D eigenvalue weighted by atomic mass is 127. The number of halogens is 1. The first-order chi connectivity index (χ1) is 11.3. The summed E-state index contributed by atoms with van der Waals surface area (Å²) in [7, 11) is 0. The lowest BCUT2D eigenvalue weighted by Gasteiger charge is -2.18. The lowest BCUT2D eigenvalue weighted by molar-refractivity contribution is -0.129. The molecule has 0 bridgehead atoms. The van der Waals surface area contributed by atoms with Crippen LogP contribution in [-0.2, 0) is 14.9 Å². The van der Waals surface area contributed by atoms with Gasteiger partial charge in [0.2, 0.25) is 5.90 Å². The second-order valence-electron chi connectivity index (χ2n) is 6.69. The number of hydrogen-bond donors (Lipinski definition) is 0. The number of ether oxygens (including phenoxy) is 1. The Balaban J connectivity index is 1.90. The molecule has 0 unspecified atom stereocenters. The number of rotatable bonds is 2. The van der Waals surface area contributed by atoms with Crippen LogP contribution in [0.1, 0.15) is 37.5 Å². The molecule has 3 rings (SSSR count). The van der Waals surface area contributed by atoms with Crippen molar-refractivity contribution in [2.45, 2.75) is 26.2 Å². The molecule has 0 amide bonds. The fraction of sp³-hybridized carbons (Fsp3) is 0.200. The predicted molar refractivity (Wildman–Crippen MR) is 105 cm³/mol. The summed E-state index contributed by atoms with van der Waals surface area (Å²) in [4.78, 5) is 16.5. The fourth-order valence-corrected chi connectivity index (χ4v) is 3.01. The summed E-state index contributed by atoms with van der Waals surface area (Å²) in [5, 5.41) is 0. The standard InChI is InChI=1S/C20H18INO2/c1-20(2,3)14-10-8-13(9-11-14)12-17-19(23)24-18(22-17)15-6-4-5-7-16(15)21/h4-12H,1-3H3/b17-12+. The highest BCUT2D eigenvalue weighted by molar-refractivity contribution is 14.1. The van der Waals surface area contributed by atoms with Crippen molar-refractivity contribution in [3.63, 3.8) is 0 Å². The molecule has 2 aromatic carbocycles. The molecule has 0 aromatic heterocycles. The van der Waals surface area contributed by atoms with Crippen LogP contribution in [0.2, 0.25) is 0 Å². The van der Waals surface area contributed by atoms with Gasteiger partial charge in [0.1, 0.15) is 0 Å². The van der Waals surface area contributed by atoms with Gasteiger partial charge in [-0.1, -0.05) is 57.2 Å². The van der Waals surface area contributed by atoms with Crippen LogP contribution < -0.4 is 0 Å². The van der Waals surface area contributed by atoms with E-state index in [0.29, 0.717) is 11.6 Å². The molecule has 0 saturated heterocycles. The summed E-state index contributed by atoms with van der Waals surface area (Å²) in [5.41, 5.74) is 3.45. The first kappa shape index (κ1) is 16.9. The molecule has 0 radical (unpaired) electrons. The van der Waals surface area contributed by atoms with E-state index in [1.807, 2.05) is 36.4 Å². The molecule has 1 aliphatic rings. The maximum atomic E-state index is 12.1. The quantitative estimate of drug-likeness (QED) is 0.384. The van der Waals surface area contributed by atoms with E-state index in [2.05, 4.69) is 60.5 Å². The van der Waals surface area contributed by atoms with Crippen LogP contribution in [0.3, 0.4) is 0 Å². The van der Waals surface area contributed by atoms with E-state index in [-0.39, 0.29) is 5.41 Å². The SMILES string of the molecule is CC(C)(C)c1ccc(/C=C2/N=C(c3ccccc3I)OC2=O)cc1. The van der Waals surface area contributed by atoms with Crippen molar-refractivity contribution < 1.29 is 9.53 Å². The van der Waals surface area contributed by atoms with Crippen molar-refractivity contribution in [1.29, 1.82) is 0 Å². The van der Waals surface area contributed by atoms with Crippen LogP contribution in [0.15, 0.2) is 59.2 Å². The maximum absolute atomic E-state index is 12.1. The summed E-state index contributed by atoms with van der Waals surface area (Å²) in [6, 6.07) is 15.9. The predicted octanol–water partition coefficient (Wildman–Crippen LogP) is 4.93. The largest absolute Gasteiger partial charge is 0.402 e. The normalized spacial score (nSPS) is 16.2. The number of hydrogen-bond acceptors (Lipinski definition) is 3. The number of carbonyl (C=O) groups is 1. The van der Waals surface area contributed by atoms with Crippen LogP contribution in [0.4, 0.5) is 0 Å². The Bertz CT molecular complexity index is 843. The van der Waals surface area contributed by atoms with Gasteiger partial charge in [-0.25, -0.2) is 9.79 Å². The lowest BCUT2D eigenvalue weighted by atomic mass is 9.87. The number of nitrogens with zero attached hydrogens (tertiary/aromatic N) is 1. The molecule has 4 heteroatoms. The van der Waals surface area contributed by atoms with E-state index in [4.69, 9.17) is 4.74 Å². The minimum Gasteiger partial charge on any atom is -0.402 e. The van der Waals surface area contributed by atoms with Gasteiger partial charge in [0, 0.05) is 3.57 Å². The Kier molecular flexibility index (Phi) is 4.58. The van der Waals surface area contributed by atoms with Crippen LogP contribution >= 0.6 is 22.6 Å². The molecular formula is C20H18INO2. The molecule has 0 saturated carbocycles. The third kappa shape index (κ3) is 3.59. The third-order valence-electron chi connectivity index (χ3n) is 3.80. The monoisotopic (exact) mass is 431 g/mol. The molecule has 0 spiro atoms. The van der Waals surface area contributed by atoms with Crippen LogP contribution in [-0.4, -0.2) is 11.9 Å². The first-order valence-electron chi connectivity index (χ1n) is 7.72. The molecule has 1 heterocycles. The van der Waals surface area contributed by atoms with Crippen molar-refractivity contribution in [2.24, 2.45) is 4.99 Å². The van der Waals surface area contributed by atoms with Gasteiger partial charge in [-0.2, -0.15) is 0 Å². The fourth-order valence-electron chi connectivity index (χ4n) is 2.40. The molecule has 0 aliphatic carbocycles. The number of carbonyl (C=O) groups excluding carboxylic acids is 1. The van der Waals surface area contributed by atoms with E-state index in [9.17, 15) is 4.79 Å². The third-order valence-corrected chi connectivity index (χ3v) is 4.75. The van der Waals surface area contributed by atoms with Crippen molar-refractivity contribution >= 4 is 40.5 Å². The number of esters is 1. The molecular weight excluding hydrogens is 413 g/mol. The van der Waals surface area contributed by atoms with E-state index in [1.54, 1.807) is 6.08 Å². The Morgan fingerprint density at radius 2 is 1.71 bits per heavy atom. The smallest absolute Gasteiger partial charge is 0.363 e. The molecule has 2 aromatic rings. The van der Waals surface area contributed by atoms with Gasteiger partial charge in [0.15, 0.2) is 5.70 Å². The van der Waals surface area contributed by atoms with E-state index in [1.165, 1.54) is 5.56 Å². The Morgan fingerprint density at radius 1 is 1.04 bits per heavy atom. The zero-order valence-corrected chi connectivity index (χ0v) is 16.0. The minimum absolute atomic E-state index is 0.104. The number of benzene rings is 2. The van der Waals surface area contributed by atoms with E-state index in [0.717, 1.165) is 14.7 Å². The molecule has 0 atom stereocenters. The highest BCUT2D eigenvalue weighted by Gasteiger charge is 2.25. The van der Waals surface area contributed by atoms with Gasteiger partial charge in [0.25, 0.3) is 0 Å². The van der Waals surface area contributed by atoms with Crippen molar-refractivity contribution in [2.75, 3.05) is 0 Å². The Hall–Kier alpha value is -1.95. The zero-order valence-electron chi connectivity index (χ0n) is 13.8. The first-order valence-corrected chi connectivity index (χ1v) is 8.80. The maximum Gasteiger partial charge on any atom is 0.363 e. The highest BCUT2D eigenvalue weighted by Crippen LogP contribution is 2.25. The minimum atomic E-state index is -0.412. The molecule has 1 aliphatic heterocycles. The van der Waals surface area contributed by atoms with Crippen molar-refractivity contribution in [1.82, 2.24) is 0 Å². The Labute approximate surface area is 155 Å². The van der Waals surface area contributed by atoms with Crippen LogP contribution in [0, 0.1) is 3.57 Å². The van der Waals surface area contributed by atoms with Crippen molar-refractivity contribution in [3.8, 4) is 0 Å². The Morgan fingerprint density at radius 3 is 2.33 bits per heavy atom. The summed E-state index contributed by atoms with van der Waals surface area (Å²) < 4.78 is 6.33. The lowest BCUT2D eigenvalue weighted by Crippen LogP contribution is -2.10. The van der Waals surface area contributed by atoms with Gasteiger partial charge in [-0.3, -0.25) is 0 Å². The van der Waals surface area contributed by atoms with E-state index >= 15 is 0 Å². The summed E-state index contributed by atoms with van der Waals surface area (Å²) in [5.74, 6) is -0.0490. The van der Waals surface area contributed by atoms with Gasteiger partial charge < -0.3 is 4.74 Å². The number of cyclic esters (lactones) is 1. The average molecular weight is 431 g/mol. The van der Waals surface area contributed by atoms with Gasteiger partial charge >= 0.3 is 5.97 Å². The summed E-state index contributed by atoms with van der Waals surface area (Å²) >= 11 is 2.21. The van der Waals surface area contributed by atoms with Gasteiger partial charge in [0.05, 0.1) is 5.56 Å². The summed E-state index contributed by atoms with van der Waals surface area (Å²) in [6.45, 7) is 6.52. The molecule has 3 nitrogen and oxygen atoms in total. The number of aliphatic imine (C=N–C) groups is 1. The van der Waals surface area contributed by atoms with Crippen LogP contribution in [0.5, 0.6) is 0 Å². The molecule has 0 N–H and O–H groups in total. The molecule has 122 valence electrons. The van der Waals surface area contributed by atoms with Gasteiger partial charge in [-0.15, -0.1) is 0 Å². The second-order valence-corrected chi connectivity index (χ2v) is 7.85. The molecule has 0 fully saturated rings. The summed E-state index contributed by atoms with van der Waals surface area (Å²) in [6.07, 6.45) is 1.76. The van der Waals surface area contributed by atoms with Gasteiger partial charge in [-0.05, 0) is 57.3 Å². The second kappa shape index (κ2) is 6.51. The average Bonchev–Trinajstić information content (AvgIpc) is 2.88. The van der Waals surface area contributed by atoms with Crippen molar-refractivity contribution in [3.05, 3.63) is 74.5 Å².